The van der Waals surface area contributed by atoms with Crippen molar-refractivity contribution < 1.29 is 9.21 Å². The molecule has 5 heteroatoms. The zero-order chi connectivity index (χ0) is 15.9. The lowest BCUT2D eigenvalue weighted by atomic mass is 10.1. The summed E-state index contributed by atoms with van der Waals surface area (Å²) in [5.74, 6) is 2.49. The summed E-state index contributed by atoms with van der Waals surface area (Å²) < 4.78 is 5.58. The molecule has 0 unspecified atom stereocenters. The van der Waals surface area contributed by atoms with Crippen LogP contribution in [0.1, 0.15) is 43.0 Å². The van der Waals surface area contributed by atoms with E-state index in [1.54, 1.807) is 30.4 Å². The van der Waals surface area contributed by atoms with E-state index in [2.05, 4.69) is 4.98 Å². The fourth-order valence-electron chi connectivity index (χ4n) is 3.00. The molecule has 0 N–H and O–H groups in total. The number of thioether (sulfide) groups is 1. The molecule has 1 fully saturated rings. The number of carbonyl (C=O) groups excluding carboxylic acids is 1. The van der Waals surface area contributed by atoms with Gasteiger partial charge in [0, 0.05) is 24.7 Å². The summed E-state index contributed by atoms with van der Waals surface area (Å²) in [6.07, 6.45) is 9.69. The van der Waals surface area contributed by atoms with Gasteiger partial charge in [-0.3, -0.25) is 9.78 Å². The molecular weight excluding hydrogens is 308 g/mol. The van der Waals surface area contributed by atoms with Gasteiger partial charge in [-0.2, -0.15) is 0 Å². The third-order valence-corrected chi connectivity index (χ3v) is 5.18. The number of rotatable bonds is 5. The molecule has 0 saturated carbocycles. The van der Waals surface area contributed by atoms with E-state index < -0.39 is 0 Å². The van der Waals surface area contributed by atoms with Gasteiger partial charge in [-0.05, 0) is 42.7 Å². The Labute approximate surface area is 141 Å². The average molecular weight is 330 g/mol. The SMILES string of the molecule is O=C(CSCc1ccncc1)N1CCCCC[C@@H]1c1ccco1. The molecule has 1 aliphatic heterocycles. The molecule has 1 atom stereocenters. The number of nitrogens with zero attached hydrogens (tertiary/aromatic N) is 2. The van der Waals surface area contributed by atoms with Crippen molar-refractivity contribution >= 4 is 17.7 Å². The van der Waals surface area contributed by atoms with Crippen molar-refractivity contribution in [2.75, 3.05) is 12.3 Å². The maximum absolute atomic E-state index is 12.7. The highest BCUT2D eigenvalue weighted by Crippen LogP contribution is 2.31. The molecule has 0 spiro atoms. The van der Waals surface area contributed by atoms with E-state index in [-0.39, 0.29) is 11.9 Å². The van der Waals surface area contributed by atoms with Crippen molar-refractivity contribution in [3.05, 3.63) is 54.2 Å². The molecule has 0 aromatic carbocycles. The lowest BCUT2D eigenvalue weighted by Gasteiger charge is -2.28. The van der Waals surface area contributed by atoms with E-state index >= 15 is 0 Å². The van der Waals surface area contributed by atoms with Crippen LogP contribution in [0.3, 0.4) is 0 Å². The smallest absolute Gasteiger partial charge is 0.233 e. The number of likely N-dealkylation sites (tertiary alicyclic amines) is 1. The Kier molecular flexibility index (Phi) is 5.75. The number of furan rings is 1. The highest BCUT2D eigenvalue weighted by molar-refractivity contribution is 7.99. The van der Waals surface area contributed by atoms with Gasteiger partial charge in [0.2, 0.25) is 5.91 Å². The lowest BCUT2D eigenvalue weighted by molar-refractivity contribution is -0.131. The quantitative estimate of drug-likeness (QED) is 0.829. The van der Waals surface area contributed by atoms with Crippen molar-refractivity contribution in [1.82, 2.24) is 9.88 Å². The van der Waals surface area contributed by atoms with Gasteiger partial charge in [0.05, 0.1) is 18.1 Å². The van der Waals surface area contributed by atoms with Crippen LogP contribution in [0.2, 0.25) is 0 Å². The third kappa shape index (κ3) is 4.38. The first-order chi connectivity index (χ1) is 11.3. The van der Waals surface area contributed by atoms with Crippen molar-refractivity contribution in [2.24, 2.45) is 0 Å². The summed E-state index contributed by atoms with van der Waals surface area (Å²) >= 11 is 1.66. The van der Waals surface area contributed by atoms with Crippen LogP contribution in [0.5, 0.6) is 0 Å². The molecule has 1 aliphatic rings. The molecule has 0 aliphatic carbocycles. The normalized spacial score (nSPS) is 18.6. The topological polar surface area (TPSA) is 46.3 Å². The molecular formula is C18H22N2O2S. The molecule has 122 valence electrons. The Bertz CT molecular complexity index is 601. The van der Waals surface area contributed by atoms with E-state index in [1.807, 2.05) is 29.2 Å². The van der Waals surface area contributed by atoms with Crippen molar-refractivity contribution in [3.8, 4) is 0 Å². The third-order valence-electron chi connectivity index (χ3n) is 4.19. The van der Waals surface area contributed by atoms with Crippen molar-refractivity contribution in [3.63, 3.8) is 0 Å². The van der Waals surface area contributed by atoms with E-state index in [9.17, 15) is 4.79 Å². The minimum absolute atomic E-state index is 0.0986. The molecule has 2 aromatic rings. The molecule has 23 heavy (non-hydrogen) atoms. The monoisotopic (exact) mass is 330 g/mol. The highest BCUT2D eigenvalue weighted by atomic mass is 32.2. The van der Waals surface area contributed by atoms with Crippen LogP contribution in [-0.4, -0.2) is 28.1 Å². The van der Waals surface area contributed by atoms with Gasteiger partial charge in [-0.15, -0.1) is 11.8 Å². The number of hydrogen-bond donors (Lipinski definition) is 0. The minimum atomic E-state index is 0.0986. The number of pyridine rings is 1. The van der Waals surface area contributed by atoms with Gasteiger partial charge in [0.15, 0.2) is 0 Å². The van der Waals surface area contributed by atoms with Crippen LogP contribution in [0.4, 0.5) is 0 Å². The zero-order valence-corrected chi connectivity index (χ0v) is 14.0. The Balaban J connectivity index is 1.59. The first kappa shape index (κ1) is 16.1. The van der Waals surface area contributed by atoms with E-state index in [1.165, 1.54) is 12.0 Å². The Morgan fingerprint density at radius 2 is 2.13 bits per heavy atom. The van der Waals surface area contributed by atoms with E-state index in [0.717, 1.165) is 37.3 Å². The van der Waals surface area contributed by atoms with Crippen LogP contribution in [0.25, 0.3) is 0 Å². The summed E-state index contributed by atoms with van der Waals surface area (Å²) in [6, 6.07) is 7.98. The average Bonchev–Trinajstić information content (AvgIpc) is 3.00. The zero-order valence-electron chi connectivity index (χ0n) is 13.2. The summed E-state index contributed by atoms with van der Waals surface area (Å²) in [6.45, 7) is 0.833. The molecule has 4 nitrogen and oxygen atoms in total. The first-order valence-corrected chi connectivity index (χ1v) is 9.29. The van der Waals surface area contributed by atoms with Crippen molar-refractivity contribution in [2.45, 2.75) is 37.5 Å². The number of aromatic nitrogens is 1. The van der Waals surface area contributed by atoms with Gasteiger partial charge >= 0.3 is 0 Å². The first-order valence-electron chi connectivity index (χ1n) is 8.14. The van der Waals surface area contributed by atoms with Gasteiger partial charge in [0.25, 0.3) is 0 Å². The van der Waals surface area contributed by atoms with Crippen LogP contribution >= 0.6 is 11.8 Å². The molecule has 1 amide bonds. The summed E-state index contributed by atoms with van der Waals surface area (Å²) in [5.41, 5.74) is 1.20. The summed E-state index contributed by atoms with van der Waals surface area (Å²) in [4.78, 5) is 18.7. The second-order valence-corrected chi connectivity index (χ2v) is 6.80. The standard InChI is InChI=1S/C18H22N2O2S/c21-18(14-23-13-15-7-9-19-10-8-15)20-11-3-1-2-5-16(20)17-6-4-12-22-17/h4,6-10,12,16H,1-3,5,11,13-14H2/t16-/m1/s1. The Hall–Kier alpha value is -1.75. The molecule has 2 aromatic heterocycles. The molecule has 0 bridgehead atoms. The van der Waals surface area contributed by atoms with E-state index in [4.69, 9.17) is 4.42 Å². The predicted molar refractivity (Wildman–Crippen MR) is 92.0 cm³/mol. The number of amides is 1. The van der Waals surface area contributed by atoms with Crippen molar-refractivity contribution in [1.29, 1.82) is 0 Å². The highest BCUT2D eigenvalue weighted by Gasteiger charge is 2.28. The molecule has 1 saturated heterocycles. The van der Waals surface area contributed by atoms with Crippen LogP contribution < -0.4 is 0 Å². The summed E-state index contributed by atoms with van der Waals surface area (Å²) in [5, 5.41) is 0. The fraction of sp³-hybridized carbons (Fsp3) is 0.444. The largest absolute Gasteiger partial charge is 0.467 e. The number of carbonyl (C=O) groups is 1. The molecule has 3 rings (SSSR count). The van der Waals surface area contributed by atoms with Gasteiger partial charge in [0.1, 0.15) is 5.76 Å². The van der Waals surface area contributed by atoms with Gasteiger partial charge in [-0.25, -0.2) is 0 Å². The second kappa shape index (κ2) is 8.20. The lowest BCUT2D eigenvalue weighted by Crippen LogP contribution is -2.35. The molecule has 0 radical (unpaired) electrons. The maximum atomic E-state index is 12.7. The van der Waals surface area contributed by atoms with Crippen LogP contribution in [0, 0.1) is 0 Å². The van der Waals surface area contributed by atoms with Crippen LogP contribution in [-0.2, 0) is 10.5 Å². The summed E-state index contributed by atoms with van der Waals surface area (Å²) in [7, 11) is 0. The Morgan fingerprint density at radius 3 is 2.91 bits per heavy atom. The van der Waals surface area contributed by atoms with Gasteiger partial charge < -0.3 is 9.32 Å². The second-order valence-electron chi connectivity index (χ2n) is 5.82. The fourth-order valence-corrected chi connectivity index (χ4v) is 3.87. The predicted octanol–water partition coefficient (Wildman–Crippen LogP) is 4.05. The minimum Gasteiger partial charge on any atom is -0.467 e. The van der Waals surface area contributed by atoms with Gasteiger partial charge in [-0.1, -0.05) is 12.8 Å². The van der Waals surface area contributed by atoms with E-state index in [0.29, 0.717) is 5.75 Å². The molecule has 3 heterocycles. The number of hydrogen-bond acceptors (Lipinski definition) is 4. The maximum Gasteiger partial charge on any atom is 0.233 e. The van der Waals surface area contributed by atoms with Crippen LogP contribution in [0.15, 0.2) is 47.3 Å². The Morgan fingerprint density at radius 1 is 1.26 bits per heavy atom.